The number of hydrogen-bond acceptors (Lipinski definition) is 6. The van der Waals surface area contributed by atoms with E-state index in [-0.39, 0.29) is 37.2 Å². The molecule has 0 spiro atoms. The van der Waals surface area contributed by atoms with Crippen LogP contribution in [0.4, 0.5) is 13.2 Å². The lowest BCUT2D eigenvalue weighted by atomic mass is 10.1. The lowest BCUT2D eigenvalue weighted by Crippen LogP contribution is -2.42. The highest BCUT2D eigenvalue weighted by molar-refractivity contribution is 6.00. The Bertz CT molecular complexity index is 1170. The summed E-state index contributed by atoms with van der Waals surface area (Å²) in [7, 11) is 1.17. The quantitative estimate of drug-likeness (QED) is 0.475. The third-order valence-electron chi connectivity index (χ3n) is 5.59. The standard InChI is InChI=1S/C24H24F3N3O6/c1-35-23(34)19(8-9-20(28)31)30-12-15-10-16(6-7-17(15)22(30)33)36-13-21(32)29-11-14-4-2-3-5-18(14)24(25,26)27/h2-7,10,19H,8-9,11-13H2,1H3,(H2,28,31)(H,29,32). The van der Waals surface area contributed by atoms with Crippen LogP contribution in [0.25, 0.3) is 0 Å². The molecule has 36 heavy (non-hydrogen) atoms. The molecule has 9 nitrogen and oxygen atoms in total. The molecule has 0 saturated heterocycles. The maximum atomic E-state index is 13.1. The van der Waals surface area contributed by atoms with E-state index in [2.05, 4.69) is 5.32 Å². The topological polar surface area (TPSA) is 128 Å². The molecule has 1 aliphatic rings. The molecule has 0 saturated carbocycles. The number of alkyl halides is 3. The average Bonchev–Trinajstić information content (AvgIpc) is 3.16. The van der Waals surface area contributed by atoms with E-state index >= 15 is 0 Å². The normalized spacial score (nSPS) is 13.7. The van der Waals surface area contributed by atoms with E-state index in [1.54, 1.807) is 0 Å². The summed E-state index contributed by atoms with van der Waals surface area (Å²) in [6.45, 7) is -0.746. The number of hydrogen-bond donors (Lipinski definition) is 2. The molecule has 0 aliphatic carbocycles. The number of halogens is 3. The van der Waals surface area contributed by atoms with Gasteiger partial charge in [0, 0.05) is 25.1 Å². The molecule has 192 valence electrons. The largest absolute Gasteiger partial charge is 0.484 e. The predicted octanol–water partition coefficient (Wildman–Crippen LogP) is 2.16. The fraction of sp³-hybridized carbons (Fsp3) is 0.333. The van der Waals surface area contributed by atoms with Gasteiger partial charge in [-0.15, -0.1) is 0 Å². The molecule has 2 aromatic carbocycles. The van der Waals surface area contributed by atoms with E-state index in [1.807, 2.05) is 0 Å². The van der Waals surface area contributed by atoms with Gasteiger partial charge >= 0.3 is 12.1 Å². The van der Waals surface area contributed by atoms with Crippen molar-refractivity contribution in [2.45, 2.75) is 38.1 Å². The first kappa shape index (κ1) is 26.5. The molecule has 1 aliphatic heterocycles. The van der Waals surface area contributed by atoms with Crippen molar-refractivity contribution in [2.75, 3.05) is 13.7 Å². The molecule has 0 aromatic heterocycles. The SMILES string of the molecule is COC(=O)C(CCC(N)=O)N1Cc2cc(OCC(=O)NCc3ccccc3C(F)(F)F)ccc2C1=O. The van der Waals surface area contributed by atoms with Crippen molar-refractivity contribution in [3.63, 3.8) is 0 Å². The second-order valence-electron chi connectivity index (χ2n) is 8.02. The van der Waals surface area contributed by atoms with E-state index in [0.29, 0.717) is 11.1 Å². The van der Waals surface area contributed by atoms with Gasteiger partial charge in [-0.05, 0) is 41.8 Å². The van der Waals surface area contributed by atoms with Crippen LogP contribution in [0.2, 0.25) is 0 Å². The zero-order valence-electron chi connectivity index (χ0n) is 19.3. The third-order valence-corrected chi connectivity index (χ3v) is 5.59. The molecule has 2 aromatic rings. The number of methoxy groups -OCH3 is 1. The Morgan fingerprint density at radius 3 is 2.56 bits per heavy atom. The summed E-state index contributed by atoms with van der Waals surface area (Å²) in [6.07, 6.45) is -4.65. The zero-order valence-corrected chi connectivity index (χ0v) is 19.3. The average molecular weight is 507 g/mol. The highest BCUT2D eigenvalue weighted by Crippen LogP contribution is 2.32. The fourth-order valence-corrected chi connectivity index (χ4v) is 3.82. The van der Waals surface area contributed by atoms with Crippen LogP contribution in [0, 0.1) is 0 Å². The van der Waals surface area contributed by atoms with Crippen LogP contribution in [0.5, 0.6) is 5.75 Å². The van der Waals surface area contributed by atoms with Crippen LogP contribution >= 0.6 is 0 Å². The molecule has 12 heteroatoms. The lowest BCUT2D eigenvalue weighted by Gasteiger charge is -2.25. The first-order valence-electron chi connectivity index (χ1n) is 10.9. The van der Waals surface area contributed by atoms with Crippen molar-refractivity contribution in [1.29, 1.82) is 0 Å². The number of nitrogens with one attached hydrogen (secondary N) is 1. The van der Waals surface area contributed by atoms with Crippen molar-refractivity contribution in [3.8, 4) is 5.75 Å². The first-order chi connectivity index (χ1) is 17.0. The number of rotatable bonds is 10. The molecular formula is C24H24F3N3O6. The van der Waals surface area contributed by atoms with Gasteiger partial charge in [0.25, 0.3) is 11.8 Å². The van der Waals surface area contributed by atoms with Gasteiger partial charge in [-0.2, -0.15) is 13.2 Å². The highest BCUT2D eigenvalue weighted by Gasteiger charge is 2.37. The summed E-state index contributed by atoms with van der Waals surface area (Å²) in [6, 6.07) is 8.39. The van der Waals surface area contributed by atoms with Crippen molar-refractivity contribution in [3.05, 3.63) is 64.7 Å². The van der Waals surface area contributed by atoms with Gasteiger partial charge in [0.2, 0.25) is 5.91 Å². The van der Waals surface area contributed by atoms with Crippen molar-refractivity contribution >= 4 is 23.7 Å². The number of nitrogens with two attached hydrogens (primary N) is 1. The highest BCUT2D eigenvalue weighted by atomic mass is 19.4. The molecule has 3 rings (SSSR count). The Labute approximate surface area is 204 Å². The second-order valence-corrected chi connectivity index (χ2v) is 8.02. The van der Waals surface area contributed by atoms with Gasteiger partial charge in [-0.25, -0.2) is 4.79 Å². The number of carbonyl (C=O) groups excluding carboxylic acids is 4. The van der Waals surface area contributed by atoms with E-state index in [1.165, 1.54) is 48.4 Å². The molecule has 3 N–H and O–H groups in total. The number of carbonyl (C=O) groups is 4. The molecule has 0 bridgehead atoms. The van der Waals surface area contributed by atoms with Crippen LogP contribution in [0.15, 0.2) is 42.5 Å². The molecule has 3 amide bonds. The lowest BCUT2D eigenvalue weighted by molar-refractivity contribution is -0.146. The number of nitrogens with zero attached hydrogens (tertiary/aromatic N) is 1. The Hall–Kier alpha value is -4.09. The maximum absolute atomic E-state index is 13.1. The minimum absolute atomic E-state index is 0.00271. The third kappa shape index (κ3) is 6.32. The Balaban J connectivity index is 1.61. The summed E-state index contributed by atoms with van der Waals surface area (Å²) < 4.78 is 49.5. The fourth-order valence-electron chi connectivity index (χ4n) is 3.82. The van der Waals surface area contributed by atoms with Gasteiger partial charge in [-0.1, -0.05) is 18.2 Å². The number of esters is 1. The summed E-state index contributed by atoms with van der Waals surface area (Å²) in [4.78, 5) is 49.6. The first-order valence-corrected chi connectivity index (χ1v) is 10.9. The number of benzene rings is 2. The molecule has 1 unspecified atom stereocenters. The Morgan fingerprint density at radius 2 is 1.89 bits per heavy atom. The number of fused-ring (bicyclic) bond motifs is 1. The van der Waals surface area contributed by atoms with Gasteiger partial charge in [0.15, 0.2) is 6.61 Å². The monoisotopic (exact) mass is 507 g/mol. The van der Waals surface area contributed by atoms with Gasteiger partial charge in [-0.3, -0.25) is 14.4 Å². The maximum Gasteiger partial charge on any atom is 0.416 e. The molecule has 0 radical (unpaired) electrons. The molecule has 1 atom stereocenters. The molecule has 1 heterocycles. The van der Waals surface area contributed by atoms with E-state index in [4.69, 9.17) is 15.2 Å². The number of ether oxygens (including phenoxy) is 2. The predicted molar refractivity (Wildman–Crippen MR) is 119 cm³/mol. The van der Waals surface area contributed by atoms with Crippen molar-refractivity contribution < 1.29 is 41.8 Å². The molecule has 0 fully saturated rings. The van der Waals surface area contributed by atoms with E-state index in [9.17, 15) is 32.3 Å². The summed E-state index contributed by atoms with van der Waals surface area (Å²) in [5.74, 6) is -2.12. The Kier molecular flexibility index (Phi) is 8.18. The summed E-state index contributed by atoms with van der Waals surface area (Å²) in [5, 5.41) is 2.39. The van der Waals surface area contributed by atoms with Crippen molar-refractivity contribution in [1.82, 2.24) is 10.2 Å². The van der Waals surface area contributed by atoms with Crippen molar-refractivity contribution in [2.24, 2.45) is 5.73 Å². The van der Waals surface area contributed by atoms with E-state index < -0.39 is 48.1 Å². The minimum atomic E-state index is -4.54. The van der Waals surface area contributed by atoms with Crippen LogP contribution in [0.3, 0.4) is 0 Å². The number of amides is 3. The summed E-state index contributed by atoms with van der Waals surface area (Å²) >= 11 is 0. The second kappa shape index (κ2) is 11.1. The van der Waals surface area contributed by atoms with Gasteiger partial charge in [0.05, 0.1) is 12.7 Å². The van der Waals surface area contributed by atoms with Crippen LogP contribution in [-0.2, 0) is 38.4 Å². The van der Waals surface area contributed by atoms with E-state index in [0.717, 1.165) is 6.07 Å². The van der Waals surface area contributed by atoms with Gasteiger partial charge in [0.1, 0.15) is 11.8 Å². The molecular weight excluding hydrogens is 483 g/mol. The smallest absolute Gasteiger partial charge is 0.416 e. The van der Waals surface area contributed by atoms with Gasteiger partial charge < -0.3 is 25.4 Å². The van der Waals surface area contributed by atoms with Crippen LogP contribution < -0.4 is 15.8 Å². The Morgan fingerprint density at radius 1 is 1.17 bits per heavy atom. The number of primary amides is 1. The zero-order chi connectivity index (χ0) is 26.5. The summed E-state index contributed by atoms with van der Waals surface area (Å²) in [5.41, 5.74) is 5.11. The minimum Gasteiger partial charge on any atom is -0.484 e. The van der Waals surface area contributed by atoms with Crippen LogP contribution in [-0.4, -0.2) is 48.3 Å². The van der Waals surface area contributed by atoms with Crippen LogP contribution in [0.1, 0.15) is 39.9 Å².